The number of amides is 3. The van der Waals surface area contributed by atoms with Crippen molar-refractivity contribution in [2.75, 3.05) is 44.8 Å². The summed E-state index contributed by atoms with van der Waals surface area (Å²) >= 11 is 4.31. The van der Waals surface area contributed by atoms with Gasteiger partial charge in [0.1, 0.15) is 0 Å². The second-order valence-electron chi connectivity index (χ2n) is 9.21. The van der Waals surface area contributed by atoms with Gasteiger partial charge in [0.05, 0.1) is 5.33 Å². The van der Waals surface area contributed by atoms with E-state index in [1.807, 2.05) is 20.8 Å². The smallest absolute Gasteiger partial charge is 0.230 e. The summed E-state index contributed by atoms with van der Waals surface area (Å²) < 4.78 is 10.8. The van der Waals surface area contributed by atoms with Gasteiger partial charge in [0.15, 0.2) is 5.12 Å². The molecule has 0 aliphatic heterocycles. The summed E-state index contributed by atoms with van der Waals surface area (Å²) in [5.41, 5.74) is 0. The molecule has 9 nitrogen and oxygen atoms in total. The van der Waals surface area contributed by atoms with E-state index in [1.165, 1.54) is 18.7 Å². The zero-order valence-corrected chi connectivity index (χ0v) is 24.8. The molecule has 0 aromatic rings. The molecule has 0 heterocycles. The molecule has 0 aromatic heterocycles. The molecular weight excluding hydrogens is 550 g/mol. The van der Waals surface area contributed by atoms with E-state index >= 15 is 0 Å². The van der Waals surface area contributed by atoms with Crippen LogP contribution in [0.15, 0.2) is 0 Å². The molecule has 11 heteroatoms. The van der Waals surface area contributed by atoms with Crippen molar-refractivity contribution in [1.82, 2.24) is 16.0 Å². The number of rotatable bonds is 22. The van der Waals surface area contributed by atoms with Gasteiger partial charge in [-0.05, 0) is 52.4 Å². The maximum absolute atomic E-state index is 12.0. The topological polar surface area (TPSA) is 123 Å². The first-order valence-electron chi connectivity index (χ1n) is 12.8. The van der Waals surface area contributed by atoms with Crippen LogP contribution in [0.1, 0.15) is 79.1 Å². The fourth-order valence-electron chi connectivity index (χ4n) is 3.33. The molecule has 0 spiro atoms. The molecule has 0 fully saturated rings. The molecule has 0 aliphatic carbocycles. The Morgan fingerprint density at radius 2 is 1.39 bits per heavy atom. The first-order valence-corrected chi connectivity index (χ1v) is 14.8. The molecule has 3 N–H and O–H groups in total. The minimum absolute atomic E-state index is 0.00548. The van der Waals surface area contributed by atoms with Crippen LogP contribution in [0.25, 0.3) is 0 Å². The highest BCUT2D eigenvalue weighted by molar-refractivity contribution is 9.09. The van der Waals surface area contributed by atoms with E-state index in [4.69, 9.17) is 9.47 Å². The van der Waals surface area contributed by atoms with Crippen LogP contribution >= 0.6 is 27.7 Å². The number of unbranched alkanes of at least 4 members (excludes halogenated alkanes) is 1. The second kappa shape index (κ2) is 21.9. The van der Waals surface area contributed by atoms with Crippen molar-refractivity contribution in [2.45, 2.75) is 89.9 Å². The van der Waals surface area contributed by atoms with Crippen LogP contribution in [0.5, 0.6) is 0 Å². The van der Waals surface area contributed by atoms with E-state index in [0.717, 1.165) is 32.1 Å². The molecule has 1 atom stereocenters. The molecular formula is C25H46BrN3O6S. The van der Waals surface area contributed by atoms with Crippen molar-refractivity contribution >= 4 is 50.5 Å². The standard InChI is InChI=1S/C25H46BrN3O6S/c1-5-21(29-24(33)19-26)10-11-22(31)27-12-8-16-34-14-6-7-15-35-17-9-13-28-23(32)18-25(3,4)36-20(2)30/h21H,5-19H2,1-4H3,(H,27,31)(H,28,32)(H,29,33). The van der Waals surface area contributed by atoms with Crippen LogP contribution in [0.3, 0.4) is 0 Å². The Hall–Kier alpha value is -1.17. The van der Waals surface area contributed by atoms with Crippen molar-refractivity contribution < 1.29 is 28.7 Å². The van der Waals surface area contributed by atoms with Gasteiger partial charge in [-0.25, -0.2) is 0 Å². The van der Waals surface area contributed by atoms with Gasteiger partial charge in [0.25, 0.3) is 0 Å². The van der Waals surface area contributed by atoms with E-state index in [1.54, 1.807) is 0 Å². The number of carbonyl (C=O) groups excluding carboxylic acids is 4. The molecule has 0 aliphatic rings. The molecule has 0 bridgehead atoms. The van der Waals surface area contributed by atoms with Crippen molar-refractivity contribution in [2.24, 2.45) is 0 Å². The van der Waals surface area contributed by atoms with Gasteiger partial charge in [-0.1, -0.05) is 34.6 Å². The summed E-state index contributed by atoms with van der Waals surface area (Å²) in [5.74, 6) is -0.116. The summed E-state index contributed by atoms with van der Waals surface area (Å²) in [6.45, 7) is 10.9. The summed E-state index contributed by atoms with van der Waals surface area (Å²) in [6, 6.07) is 0.0234. The first-order chi connectivity index (χ1) is 17.1. The van der Waals surface area contributed by atoms with Crippen molar-refractivity contribution in [3.8, 4) is 0 Å². The van der Waals surface area contributed by atoms with Crippen molar-refractivity contribution in [1.29, 1.82) is 0 Å². The second-order valence-corrected chi connectivity index (χ2v) is 11.7. The predicted molar refractivity (Wildman–Crippen MR) is 148 cm³/mol. The third kappa shape index (κ3) is 22.1. The fraction of sp³-hybridized carbons (Fsp3) is 0.840. The Morgan fingerprint density at radius 3 is 1.89 bits per heavy atom. The van der Waals surface area contributed by atoms with Gasteiger partial charge in [-0.15, -0.1) is 0 Å². The normalized spacial score (nSPS) is 12.1. The third-order valence-corrected chi connectivity index (χ3v) is 6.60. The number of hydrogen-bond donors (Lipinski definition) is 3. The lowest BCUT2D eigenvalue weighted by Crippen LogP contribution is -2.36. The maximum atomic E-state index is 12.0. The Morgan fingerprint density at radius 1 is 0.861 bits per heavy atom. The Balaban J connectivity index is 3.50. The number of halogens is 1. The summed E-state index contributed by atoms with van der Waals surface area (Å²) in [6.07, 6.45) is 5.46. The van der Waals surface area contributed by atoms with E-state index in [0.29, 0.717) is 58.8 Å². The van der Waals surface area contributed by atoms with Crippen LogP contribution in [-0.2, 0) is 28.7 Å². The Labute approximate surface area is 229 Å². The number of alkyl halides is 1. The molecule has 0 rings (SSSR count). The first kappa shape index (κ1) is 34.8. The average Bonchev–Trinajstić information content (AvgIpc) is 2.80. The van der Waals surface area contributed by atoms with Crippen molar-refractivity contribution in [3.63, 3.8) is 0 Å². The molecule has 0 saturated heterocycles. The number of carbonyl (C=O) groups is 4. The van der Waals surface area contributed by atoms with E-state index < -0.39 is 4.75 Å². The molecule has 0 saturated carbocycles. The quantitative estimate of drug-likeness (QED) is 0.129. The van der Waals surface area contributed by atoms with Gasteiger partial charge in [-0.2, -0.15) is 0 Å². The lowest BCUT2D eigenvalue weighted by atomic mass is 10.1. The lowest BCUT2D eigenvalue weighted by Gasteiger charge is -2.21. The van der Waals surface area contributed by atoms with Crippen LogP contribution in [-0.4, -0.2) is 78.5 Å². The molecule has 0 aromatic carbocycles. The van der Waals surface area contributed by atoms with Crippen LogP contribution in [0, 0.1) is 0 Å². The summed E-state index contributed by atoms with van der Waals surface area (Å²) in [7, 11) is 0. The van der Waals surface area contributed by atoms with Crippen LogP contribution < -0.4 is 16.0 Å². The average molecular weight is 597 g/mol. The van der Waals surface area contributed by atoms with Gasteiger partial charge < -0.3 is 25.4 Å². The van der Waals surface area contributed by atoms with Gasteiger partial charge in [-0.3, -0.25) is 19.2 Å². The highest BCUT2D eigenvalue weighted by Crippen LogP contribution is 2.28. The van der Waals surface area contributed by atoms with Crippen LogP contribution in [0.2, 0.25) is 0 Å². The van der Waals surface area contributed by atoms with Gasteiger partial charge >= 0.3 is 0 Å². The minimum atomic E-state index is -0.394. The Kier molecular flexibility index (Phi) is 21.2. The van der Waals surface area contributed by atoms with E-state index in [-0.39, 0.29) is 34.2 Å². The van der Waals surface area contributed by atoms with Gasteiger partial charge in [0.2, 0.25) is 17.7 Å². The molecule has 36 heavy (non-hydrogen) atoms. The summed E-state index contributed by atoms with van der Waals surface area (Å²) in [5, 5.41) is 8.93. The SMILES string of the molecule is CCC(CCC(=O)NCCCOCCCCOCCCNC(=O)CC(C)(C)SC(C)=O)NC(=O)CBr. The largest absolute Gasteiger partial charge is 0.381 e. The molecule has 210 valence electrons. The van der Waals surface area contributed by atoms with Crippen molar-refractivity contribution in [3.05, 3.63) is 0 Å². The number of ether oxygens (including phenoxy) is 2. The van der Waals surface area contributed by atoms with E-state index in [9.17, 15) is 19.2 Å². The maximum Gasteiger partial charge on any atom is 0.230 e. The lowest BCUT2D eigenvalue weighted by molar-refractivity contribution is -0.122. The fourth-order valence-corrected chi connectivity index (χ4v) is 4.47. The number of hydrogen-bond acceptors (Lipinski definition) is 7. The van der Waals surface area contributed by atoms with Crippen LogP contribution in [0.4, 0.5) is 0 Å². The molecule has 1 unspecified atom stereocenters. The Bertz CT molecular complexity index is 651. The number of thioether (sulfide) groups is 1. The monoisotopic (exact) mass is 595 g/mol. The highest BCUT2D eigenvalue weighted by atomic mass is 79.9. The van der Waals surface area contributed by atoms with E-state index in [2.05, 4.69) is 31.9 Å². The third-order valence-electron chi connectivity index (χ3n) is 5.11. The summed E-state index contributed by atoms with van der Waals surface area (Å²) in [4.78, 5) is 46.5. The molecule has 0 radical (unpaired) electrons. The zero-order chi connectivity index (χ0) is 27.2. The highest BCUT2D eigenvalue weighted by Gasteiger charge is 2.24. The van der Waals surface area contributed by atoms with Gasteiger partial charge in [0, 0.05) is 70.1 Å². The molecule has 3 amide bonds. The minimum Gasteiger partial charge on any atom is -0.381 e. The zero-order valence-electron chi connectivity index (χ0n) is 22.4. The predicted octanol–water partition coefficient (Wildman–Crippen LogP) is 3.33. The number of nitrogens with one attached hydrogen (secondary N) is 3.